The maximum atomic E-state index is 12.0. The van der Waals surface area contributed by atoms with Gasteiger partial charge in [-0.05, 0) is 55.3 Å². The van der Waals surface area contributed by atoms with E-state index in [1.54, 1.807) is 12.1 Å². The van der Waals surface area contributed by atoms with Gasteiger partial charge in [-0.2, -0.15) is 0 Å². The Labute approximate surface area is 164 Å². The molecule has 0 saturated carbocycles. The average Bonchev–Trinajstić information content (AvgIpc) is 2.65. The van der Waals surface area contributed by atoms with Crippen molar-refractivity contribution in [3.8, 4) is 5.75 Å². The van der Waals surface area contributed by atoms with E-state index in [9.17, 15) is 13.2 Å². The zero-order valence-corrected chi connectivity index (χ0v) is 16.8. The summed E-state index contributed by atoms with van der Waals surface area (Å²) in [5.41, 5.74) is 0.932. The van der Waals surface area contributed by atoms with E-state index in [0.717, 1.165) is 5.56 Å². The summed E-state index contributed by atoms with van der Waals surface area (Å²) >= 11 is 5.85. The highest BCUT2D eigenvalue weighted by Crippen LogP contribution is 2.17. The molecule has 27 heavy (non-hydrogen) atoms. The fraction of sp³-hybridized carbons (Fsp3) is 0.316. The number of hydrogen-bond acceptors (Lipinski definition) is 4. The topological polar surface area (TPSA) is 84.5 Å². The SMILES string of the molecule is CCCNS(=O)(=O)c1ccc(OCC(=O)N[C@H](C)c2ccc(Cl)cc2)cc1. The fourth-order valence-corrected chi connectivity index (χ4v) is 3.56. The van der Waals surface area contributed by atoms with Gasteiger partial charge in [-0.15, -0.1) is 0 Å². The normalized spacial score (nSPS) is 12.4. The molecule has 0 fully saturated rings. The van der Waals surface area contributed by atoms with Gasteiger partial charge in [0.15, 0.2) is 6.61 Å². The smallest absolute Gasteiger partial charge is 0.258 e. The van der Waals surface area contributed by atoms with E-state index in [1.165, 1.54) is 24.3 Å². The summed E-state index contributed by atoms with van der Waals surface area (Å²) in [5.74, 6) is 0.137. The lowest BCUT2D eigenvalue weighted by Crippen LogP contribution is -2.31. The predicted octanol–water partition coefficient (Wildman–Crippen LogP) is 3.28. The van der Waals surface area contributed by atoms with Crippen LogP contribution in [0.3, 0.4) is 0 Å². The van der Waals surface area contributed by atoms with Crippen LogP contribution >= 0.6 is 11.6 Å². The Morgan fingerprint density at radius 1 is 1.11 bits per heavy atom. The van der Waals surface area contributed by atoms with Gasteiger partial charge in [-0.1, -0.05) is 30.7 Å². The zero-order chi connectivity index (χ0) is 19.9. The molecule has 8 heteroatoms. The second kappa shape index (κ2) is 9.73. The molecule has 2 N–H and O–H groups in total. The van der Waals surface area contributed by atoms with Gasteiger partial charge >= 0.3 is 0 Å². The van der Waals surface area contributed by atoms with Crippen molar-refractivity contribution in [2.45, 2.75) is 31.2 Å². The minimum atomic E-state index is -3.51. The number of carbonyl (C=O) groups excluding carboxylic acids is 1. The van der Waals surface area contributed by atoms with Gasteiger partial charge in [0.2, 0.25) is 10.0 Å². The van der Waals surface area contributed by atoms with Crippen LogP contribution in [0.15, 0.2) is 53.4 Å². The molecule has 2 aromatic carbocycles. The highest BCUT2D eigenvalue weighted by atomic mass is 35.5. The second-order valence-electron chi connectivity index (χ2n) is 6.00. The molecule has 2 rings (SSSR count). The van der Waals surface area contributed by atoms with Crippen LogP contribution in [-0.2, 0) is 14.8 Å². The lowest BCUT2D eigenvalue weighted by atomic mass is 10.1. The molecular formula is C19H23ClN2O4S. The van der Waals surface area contributed by atoms with E-state index < -0.39 is 10.0 Å². The van der Waals surface area contributed by atoms with Crippen molar-refractivity contribution in [3.63, 3.8) is 0 Å². The number of carbonyl (C=O) groups is 1. The van der Waals surface area contributed by atoms with Crippen LogP contribution in [-0.4, -0.2) is 27.5 Å². The minimum absolute atomic E-state index is 0.157. The predicted molar refractivity (Wildman–Crippen MR) is 105 cm³/mol. The number of halogens is 1. The number of amides is 1. The molecule has 0 aliphatic heterocycles. The van der Waals surface area contributed by atoms with Crippen LogP contribution in [0.5, 0.6) is 5.75 Å². The van der Waals surface area contributed by atoms with Gasteiger partial charge in [0, 0.05) is 11.6 Å². The quantitative estimate of drug-likeness (QED) is 0.664. The second-order valence-corrected chi connectivity index (χ2v) is 8.20. The number of benzene rings is 2. The van der Waals surface area contributed by atoms with E-state index in [0.29, 0.717) is 23.7 Å². The molecule has 0 bridgehead atoms. The highest BCUT2D eigenvalue weighted by molar-refractivity contribution is 7.89. The van der Waals surface area contributed by atoms with Gasteiger partial charge in [-0.3, -0.25) is 4.79 Å². The molecule has 0 spiro atoms. The molecule has 2 aromatic rings. The summed E-state index contributed by atoms with van der Waals surface area (Å²) in [7, 11) is -3.51. The van der Waals surface area contributed by atoms with E-state index in [4.69, 9.17) is 16.3 Å². The van der Waals surface area contributed by atoms with Gasteiger partial charge < -0.3 is 10.1 Å². The van der Waals surface area contributed by atoms with Crippen LogP contribution in [0.1, 0.15) is 31.9 Å². The van der Waals surface area contributed by atoms with E-state index in [-0.39, 0.29) is 23.5 Å². The van der Waals surface area contributed by atoms with Crippen LogP contribution in [0, 0.1) is 0 Å². The number of ether oxygens (including phenoxy) is 1. The Balaban J connectivity index is 1.87. The molecular weight excluding hydrogens is 388 g/mol. The molecule has 0 saturated heterocycles. The van der Waals surface area contributed by atoms with Crippen molar-refractivity contribution in [1.82, 2.24) is 10.0 Å². The van der Waals surface area contributed by atoms with Crippen molar-refractivity contribution >= 4 is 27.5 Å². The first-order valence-corrected chi connectivity index (χ1v) is 10.5. The van der Waals surface area contributed by atoms with Crippen LogP contribution in [0.25, 0.3) is 0 Å². The van der Waals surface area contributed by atoms with Crippen molar-refractivity contribution < 1.29 is 17.9 Å². The highest BCUT2D eigenvalue weighted by Gasteiger charge is 2.13. The third-order valence-electron chi connectivity index (χ3n) is 3.79. The lowest BCUT2D eigenvalue weighted by Gasteiger charge is -2.15. The number of sulfonamides is 1. The van der Waals surface area contributed by atoms with Crippen molar-refractivity contribution in [2.75, 3.05) is 13.2 Å². The molecule has 0 aromatic heterocycles. The Morgan fingerprint density at radius 2 is 1.74 bits per heavy atom. The first-order valence-electron chi connectivity index (χ1n) is 8.59. The summed E-state index contributed by atoms with van der Waals surface area (Å²) in [4.78, 5) is 12.2. The minimum Gasteiger partial charge on any atom is -0.484 e. The molecule has 0 aliphatic rings. The molecule has 1 amide bonds. The molecule has 1 atom stereocenters. The number of hydrogen-bond donors (Lipinski definition) is 2. The Morgan fingerprint density at radius 3 is 2.33 bits per heavy atom. The van der Waals surface area contributed by atoms with Crippen molar-refractivity contribution in [3.05, 3.63) is 59.1 Å². The molecule has 0 aliphatic carbocycles. The molecule has 0 radical (unpaired) electrons. The van der Waals surface area contributed by atoms with Crippen molar-refractivity contribution in [2.24, 2.45) is 0 Å². The molecule has 0 heterocycles. The van der Waals surface area contributed by atoms with E-state index in [1.807, 2.05) is 26.0 Å². The average molecular weight is 411 g/mol. The maximum absolute atomic E-state index is 12.0. The van der Waals surface area contributed by atoms with E-state index >= 15 is 0 Å². The van der Waals surface area contributed by atoms with Crippen LogP contribution < -0.4 is 14.8 Å². The third kappa shape index (κ3) is 6.53. The lowest BCUT2D eigenvalue weighted by molar-refractivity contribution is -0.123. The maximum Gasteiger partial charge on any atom is 0.258 e. The Hall–Kier alpha value is -2.09. The third-order valence-corrected chi connectivity index (χ3v) is 5.52. The van der Waals surface area contributed by atoms with Gasteiger partial charge in [0.25, 0.3) is 5.91 Å². The fourth-order valence-electron chi connectivity index (χ4n) is 2.30. The monoisotopic (exact) mass is 410 g/mol. The summed E-state index contributed by atoms with van der Waals surface area (Å²) in [5, 5.41) is 3.47. The van der Waals surface area contributed by atoms with Gasteiger partial charge in [0.1, 0.15) is 5.75 Å². The summed E-state index contributed by atoms with van der Waals surface area (Å²) in [6.07, 6.45) is 0.712. The standard InChI is InChI=1S/C19H23ClN2O4S/c1-3-12-21-27(24,25)18-10-8-17(9-11-18)26-13-19(23)22-14(2)15-4-6-16(20)7-5-15/h4-11,14,21H,3,12-13H2,1-2H3,(H,22,23)/t14-/m1/s1. The molecule has 6 nitrogen and oxygen atoms in total. The van der Waals surface area contributed by atoms with Crippen LogP contribution in [0.2, 0.25) is 5.02 Å². The summed E-state index contributed by atoms with van der Waals surface area (Å²) in [6.45, 7) is 3.97. The molecule has 0 unspecified atom stereocenters. The first kappa shape index (κ1) is 21.2. The summed E-state index contributed by atoms with van der Waals surface area (Å²) in [6, 6.07) is 13.0. The Bertz CT molecular complexity index is 852. The zero-order valence-electron chi connectivity index (χ0n) is 15.2. The van der Waals surface area contributed by atoms with Gasteiger partial charge in [0.05, 0.1) is 10.9 Å². The first-order chi connectivity index (χ1) is 12.8. The van der Waals surface area contributed by atoms with Crippen LogP contribution in [0.4, 0.5) is 0 Å². The molecule has 146 valence electrons. The largest absolute Gasteiger partial charge is 0.484 e. The van der Waals surface area contributed by atoms with E-state index in [2.05, 4.69) is 10.0 Å². The van der Waals surface area contributed by atoms with Gasteiger partial charge in [-0.25, -0.2) is 13.1 Å². The summed E-state index contributed by atoms with van der Waals surface area (Å²) < 4.78 is 32.0. The number of rotatable bonds is 9. The Kier molecular flexibility index (Phi) is 7.65. The van der Waals surface area contributed by atoms with Crippen molar-refractivity contribution in [1.29, 1.82) is 0 Å². The number of nitrogens with one attached hydrogen (secondary N) is 2.